The Morgan fingerprint density at radius 3 is 2.09 bits per heavy atom. The molecule has 0 saturated carbocycles. The summed E-state index contributed by atoms with van der Waals surface area (Å²) in [5.41, 5.74) is -1.81. The average Bonchev–Trinajstić information content (AvgIpc) is 2.46. The zero-order valence-corrected chi connectivity index (χ0v) is 14.9. The third kappa shape index (κ3) is 3.35. The molecule has 1 N–H and O–H groups in total. The summed E-state index contributed by atoms with van der Waals surface area (Å²) in [7, 11) is 0. The molecule has 2 atom stereocenters. The third-order valence-corrected chi connectivity index (χ3v) is 5.26. The molecular weight excluding hydrogens is 276 g/mol. The molecule has 0 spiro atoms. The van der Waals surface area contributed by atoms with Gasteiger partial charge in [-0.15, -0.1) is 0 Å². The van der Waals surface area contributed by atoms with Crippen LogP contribution in [0.4, 0.5) is 0 Å². The standard InChI is InChI=1S/C19H30O3/c1-8-14(2)16(20)22-18(5,6)19(7,21)17(3,4)15-12-10-9-11-13-15/h9-14,21H,8H2,1-7H3. The van der Waals surface area contributed by atoms with Crippen molar-refractivity contribution in [1.82, 2.24) is 0 Å². The molecule has 0 aliphatic rings. The number of carbonyl (C=O) groups excluding carboxylic acids is 1. The molecule has 0 bridgehead atoms. The molecule has 0 aliphatic carbocycles. The van der Waals surface area contributed by atoms with Crippen molar-refractivity contribution in [1.29, 1.82) is 0 Å². The number of hydrogen-bond acceptors (Lipinski definition) is 3. The highest BCUT2D eigenvalue weighted by molar-refractivity contribution is 5.72. The molecule has 0 radical (unpaired) electrons. The second-order valence-corrected chi connectivity index (χ2v) is 7.30. The summed E-state index contributed by atoms with van der Waals surface area (Å²) in [6, 6.07) is 9.82. The summed E-state index contributed by atoms with van der Waals surface area (Å²) in [5.74, 6) is -0.438. The summed E-state index contributed by atoms with van der Waals surface area (Å²) in [6.07, 6.45) is 0.721. The predicted octanol–water partition coefficient (Wildman–Crippen LogP) is 4.08. The Labute approximate surface area is 134 Å². The number of rotatable bonds is 6. The zero-order chi connectivity index (χ0) is 17.2. The van der Waals surface area contributed by atoms with Crippen molar-refractivity contribution >= 4 is 5.97 Å². The van der Waals surface area contributed by atoms with Crippen molar-refractivity contribution in [3.05, 3.63) is 35.9 Å². The fourth-order valence-electron chi connectivity index (χ4n) is 2.51. The van der Waals surface area contributed by atoms with E-state index in [0.717, 1.165) is 12.0 Å². The van der Waals surface area contributed by atoms with Gasteiger partial charge in [0.2, 0.25) is 0 Å². The van der Waals surface area contributed by atoms with Crippen LogP contribution in [0.3, 0.4) is 0 Å². The lowest BCUT2D eigenvalue weighted by Crippen LogP contribution is -2.61. The summed E-state index contributed by atoms with van der Waals surface area (Å²) in [6.45, 7) is 13.0. The molecule has 1 aromatic carbocycles. The van der Waals surface area contributed by atoms with Crippen molar-refractivity contribution in [3.8, 4) is 0 Å². The van der Waals surface area contributed by atoms with Crippen molar-refractivity contribution in [3.63, 3.8) is 0 Å². The maximum atomic E-state index is 12.2. The minimum Gasteiger partial charge on any atom is -0.456 e. The van der Waals surface area contributed by atoms with Crippen LogP contribution in [0.2, 0.25) is 0 Å². The van der Waals surface area contributed by atoms with Gasteiger partial charge in [-0.25, -0.2) is 0 Å². The van der Waals surface area contributed by atoms with E-state index < -0.39 is 16.6 Å². The van der Waals surface area contributed by atoms with Crippen molar-refractivity contribution < 1.29 is 14.6 Å². The van der Waals surface area contributed by atoms with E-state index in [4.69, 9.17) is 4.74 Å². The summed E-state index contributed by atoms with van der Waals surface area (Å²) in [4.78, 5) is 12.2. The lowest BCUT2D eigenvalue weighted by atomic mass is 9.64. The number of aliphatic hydroxyl groups is 1. The largest absolute Gasteiger partial charge is 0.456 e. The SMILES string of the molecule is CCC(C)C(=O)OC(C)(C)C(C)(O)C(C)(C)c1ccccc1. The molecule has 0 amide bonds. The highest BCUT2D eigenvalue weighted by atomic mass is 16.6. The number of hydrogen-bond donors (Lipinski definition) is 1. The van der Waals surface area contributed by atoms with Crippen LogP contribution in [0.15, 0.2) is 30.3 Å². The Hall–Kier alpha value is -1.35. The van der Waals surface area contributed by atoms with Crippen LogP contribution < -0.4 is 0 Å². The monoisotopic (exact) mass is 306 g/mol. The number of esters is 1. The molecule has 1 rings (SSSR count). The Morgan fingerprint density at radius 1 is 1.14 bits per heavy atom. The van der Waals surface area contributed by atoms with Crippen LogP contribution in [-0.2, 0) is 14.9 Å². The van der Waals surface area contributed by atoms with Crippen molar-refractivity contribution in [2.24, 2.45) is 5.92 Å². The molecule has 3 nitrogen and oxygen atoms in total. The number of ether oxygens (including phenoxy) is 1. The molecule has 22 heavy (non-hydrogen) atoms. The molecule has 1 aromatic rings. The van der Waals surface area contributed by atoms with Gasteiger partial charge in [0.05, 0.1) is 5.92 Å². The first-order chi connectivity index (χ1) is 9.97. The third-order valence-electron chi connectivity index (χ3n) is 5.26. The van der Waals surface area contributed by atoms with E-state index in [2.05, 4.69) is 0 Å². The van der Waals surface area contributed by atoms with Gasteiger partial charge in [-0.3, -0.25) is 4.79 Å². The molecule has 3 heteroatoms. The topological polar surface area (TPSA) is 46.5 Å². The average molecular weight is 306 g/mol. The van der Waals surface area contributed by atoms with Gasteiger partial charge in [0.15, 0.2) is 0 Å². The fourth-order valence-corrected chi connectivity index (χ4v) is 2.51. The van der Waals surface area contributed by atoms with Crippen LogP contribution >= 0.6 is 0 Å². The zero-order valence-electron chi connectivity index (χ0n) is 14.9. The number of carbonyl (C=O) groups is 1. The van der Waals surface area contributed by atoms with Crippen LogP contribution in [0.25, 0.3) is 0 Å². The van der Waals surface area contributed by atoms with Crippen LogP contribution in [0.1, 0.15) is 60.5 Å². The van der Waals surface area contributed by atoms with Gasteiger partial charge >= 0.3 is 5.97 Å². The first kappa shape index (κ1) is 18.7. The Bertz CT molecular complexity index is 501. The normalized spacial score (nSPS) is 16.7. The van der Waals surface area contributed by atoms with Crippen LogP contribution in [-0.4, -0.2) is 22.3 Å². The quantitative estimate of drug-likeness (QED) is 0.805. The highest BCUT2D eigenvalue weighted by Gasteiger charge is 2.53. The minimum absolute atomic E-state index is 0.171. The van der Waals surface area contributed by atoms with Gasteiger partial charge < -0.3 is 9.84 Å². The second kappa shape index (κ2) is 6.41. The van der Waals surface area contributed by atoms with E-state index in [1.54, 1.807) is 20.8 Å². The van der Waals surface area contributed by atoms with Crippen molar-refractivity contribution in [2.75, 3.05) is 0 Å². The molecule has 0 saturated heterocycles. The molecular formula is C19H30O3. The Balaban J connectivity index is 3.12. The summed E-state index contributed by atoms with van der Waals surface area (Å²) in [5, 5.41) is 11.2. The van der Waals surface area contributed by atoms with Gasteiger partial charge in [0.1, 0.15) is 11.2 Å². The van der Waals surface area contributed by atoms with Crippen LogP contribution in [0.5, 0.6) is 0 Å². The van der Waals surface area contributed by atoms with E-state index in [9.17, 15) is 9.90 Å². The second-order valence-electron chi connectivity index (χ2n) is 7.30. The van der Waals surface area contributed by atoms with E-state index in [0.29, 0.717) is 0 Å². The lowest BCUT2D eigenvalue weighted by Gasteiger charge is -2.49. The smallest absolute Gasteiger partial charge is 0.309 e. The van der Waals surface area contributed by atoms with E-state index >= 15 is 0 Å². The maximum absolute atomic E-state index is 12.2. The fraction of sp³-hybridized carbons (Fsp3) is 0.632. The van der Waals surface area contributed by atoms with E-state index in [1.165, 1.54) is 0 Å². The predicted molar refractivity (Wildman–Crippen MR) is 89.7 cm³/mol. The molecule has 0 fully saturated rings. The van der Waals surface area contributed by atoms with Gasteiger partial charge in [-0.1, -0.05) is 58.0 Å². The molecule has 2 unspecified atom stereocenters. The van der Waals surface area contributed by atoms with Gasteiger partial charge in [-0.2, -0.15) is 0 Å². The van der Waals surface area contributed by atoms with Gasteiger partial charge in [0, 0.05) is 5.41 Å². The highest BCUT2D eigenvalue weighted by Crippen LogP contribution is 2.43. The molecule has 0 aromatic heterocycles. The molecule has 0 aliphatic heterocycles. The number of benzene rings is 1. The molecule has 124 valence electrons. The lowest BCUT2D eigenvalue weighted by molar-refractivity contribution is -0.201. The Kier molecular flexibility index (Phi) is 5.45. The van der Waals surface area contributed by atoms with Gasteiger partial charge in [0.25, 0.3) is 0 Å². The molecule has 0 heterocycles. The minimum atomic E-state index is -1.23. The van der Waals surface area contributed by atoms with E-state index in [-0.39, 0.29) is 11.9 Å². The summed E-state index contributed by atoms with van der Waals surface area (Å²) < 4.78 is 5.67. The van der Waals surface area contributed by atoms with E-state index in [1.807, 2.05) is 58.0 Å². The Morgan fingerprint density at radius 2 is 1.64 bits per heavy atom. The van der Waals surface area contributed by atoms with Gasteiger partial charge in [-0.05, 0) is 32.8 Å². The van der Waals surface area contributed by atoms with Crippen LogP contribution in [0, 0.1) is 5.92 Å². The summed E-state index contributed by atoms with van der Waals surface area (Å²) >= 11 is 0. The maximum Gasteiger partial charge on any atom is 0.309 e. The first-order valence-electron chi connectivity index (χ1n) is 7.98. The van der Waals surface area contributed by atoms with Crippen molar-refractivity contribution in [2.45, 2.75) is 71.5 Å². The first-order valence-corrected chi connectivity index (χ1v) is 7.98.